The molecule has 3 heterocycles. The Hall–Kier alpha value is -4.19. The second-order valence-electron chi connectivity index (χ2n) is 9.26. The molecule has 8 nitrogen and oxygen atoms in total. The Labute approximate surface area is 237 Å². The first-order valence-electron chi connectivity index (χ1n) is 12.2. The highest BCUT2D eigenvalue weighted by Crippen LogP contribution is 2.31. The normalized spacial score (nSPS) is 14.5. The summed E-state index contributed by atoms with van der Waals surface area (Å²) < 4.78 is 97.9. The smallest absolute Gasteiger partial charge is 0.455 e. The number of ketones is 1. The number of rotatable bonds is 7. The molecule has 1 aliphatic heterocycles. The Morgan fingerprint density at radius 2 is 1.76 bits per heavy atom. The topological polar surface area (TPSA) is 101 Å². The first-order valence-corrected chi connectivity index (χ1v) is 12.6. The lowest BCUT2D eigenvalue weighted by Gasteiger charge is -2.32. The third kappa shape index (κ3) is 6.99. The molecule has 3 aromatic rings. The first kappa shape index (κ1) is 30.8. The third-order valence-corrected chi connectivity index (χ3v) is 6.65. The Morgan fingerprint density at radius 1 is 1.12 bits per heavy atom. The van der Waals surface area contributed by atoms with Crippen molar-refractivity contribution < 1.29 is 40.3 Å². The van der Waals surface area contributed by atoms with Crippen LogP contribution in [0.15, 0.2) is 41.6 Å². The molecule has 4 rings (SSSR count). The van der Waals surface area contributed by atoms with Crippen molar-refractivity contribution in [3.05, 3.63) is 74.7 Å². The molecule has 0 N–H and O–H groups in total. The van der Waals surface area contributed by atoms with Crippen LogP contribution in [0.25, 0.3) is 5.69 Å². The van der Waals surface area contributed by atoms with Crippen molar-refractivity contribution >= 4 is 23.3 Å². The summed E-state index contributed by atoms with van der Waals surface area (Å²) in [7, 11) is 0. The van der Waals surface area contributed by atoms with Gasteiger partial charge in [-0.15, -0.1) is 0 Å². The molecule has 0 aliphatic carbocycles. The van der Waals surface area contributed by atoms with Crippen molar-refractivity contribution in [2.24, 2.45) is 0 Å². The predicted molar refractivity (Wildman–Crippen MR) is 134 cm³/mol. The molecule has 1 fully saturated rings. The summed E-state index contributed by atoms with van der Waals surface area (Å²) in [5.41, 5.74) is -3.72. The first-order chi connectivity index (χ1) is 19.7. The van der Waals surface area contributed by atoms with Gasteiger partial charge in [0.1, 0.15) is 17.9 Å². The number of nitriles is 1. The number of hydrogen-bond donors (Lipinski definition) is 0. The number of carbonyl (C=O) groups is 1. The molecule has 0 radical (unpaired) electrons. The number of Topliss-reactive ketones (excluding diaryl/α,β-unsaturated/α-hetero) is 1. The number of aromatic nitrogens is 3. The van der Waals surface area contributed by atoms with Crippen LogP contribution in [-0.4, -0.2) is 51.9 Å². The van der Waals surface area contributed by atoms with E-state index in [9.17, 15) is 40.3 Å². The second-order valence-corrected chi connectivity index (χ2v) is 9.67. The maximum Gasteiger partial charge on any atom is 0.455 e. The third-order valence-electron chi connectivity index (χ3n) is 6.36. The zero-order valence-corrected chi connectivity index (χ0v) is 22.0. The minimum absolute atomic E-state index is 0.0977. The van der Waals surface area contributed by atoms with Crippen LogP contribution in [-0.2, 0) is 6.42 Å². The van der Waals surface area contributed by atoms with E-state index < -0.39 is 58.9 Å². The summed E-state index contributed by atoms with van der Waals surface area (Å²) in [6.45, 7) is 0.795. The summed E-state index contributed by atoms with van der Waals surface area (Å²) >= 11 is 6.25. The van der Waals surface area contributed by atoms with Gasteiger partial charge in [-0.1, -0.05) is 11.6 Å². The number of hydrogen-bond acceptors (Lipinski definition) is 7. The van der Waals surface area contributed by atoms with Crippen LogP contribution in [0.4, 0.5) is 36.7 Å². The number of alkyl halides is 6. The van der Waals surface area contributed by atoms with Crippen molar-refractivity contribution in [1.82, 2.24) is 14.5 Å². The van der Waals surface area contributed by atoms with Crippen molar-refractivity contribution in [3.63, 3.8) is 0 Å². The summed E-state index contributed by atoms with van der Waals surface area (Å²) in [4.78, 5) is 34.9. The number of benzene rings is 1. The largest absolute Gasteiger partial charge is 0.488 e. The van der Waals surface area contributed by atoms with Crippen LogP contribution in [0.2, 0.25) is 5.02 Å². The Balaban J connectivity index is 1.48. The van der Waals surface area contributed by atoms with E-state index in [1.807, 2.05) is 0 Å². The zero-order chi connectivity index (χ0) is 30.8. The summed E-state index contributed by atoms with van der Waals surface area (Å²) in [6, 6.07) is 3.90. The number of carbonyl (C=O) groups excluding carboxylic acids is 1. The van der Waals surface area contributed by atoms with Gasteiger partial charge in [-0.2, -0.15) is 31.6 Å². The quantitative estimate of drug-likeness (QED) is 0.252. The molecule has 0 amide bonds. The minimum atomic E-state index is -5.49. The maximum absolute atomic E-state index is 14.7. The molecule has 0 bridgehead atoms. The number of halogens is 8. The van der Waals surface area contributed by atoms with Crippen LogP contribution >= 0.6 is 11.6 Å². The molecular formula is C26H19ClF7N5O3. The van der Waals surface area contributed by atoms with Crippen LogP contribution in [0.3, 0.4) is 0 Å². The van der Waals surface area contributed by atoms with E-state index in [2.05, 4.69) is 9.97 Å². The van der Waals surface area contributed by atoms with Crippen molar-refractivity contribution in [3.8, 4) is 17.5 Å². The highest BCUT2D eigenvalue weighted by molar-refractivity contribution is 6.31. The van der Waals surface area contributed by atoms with Crippen LogP contribution < -0.4 is 15.2 Å². The van der Waals surface area contributed by atoms with Gasteiger partial charge in [0.25, 0.3) is 11.3 Å². The van der Waals surface area contributed by atoms with E-state index in [0.717, 1.165) is 24.4 Å². The fourth-order valence-corrected chi connectivity index (χ4v) is 4.46. The number of nitrogens with zero attached hydrogens (tertiary/aromatic N) is 5. The Kier molecular flexibility index (Phi) is 8.76. The van der Waals surface area contributed by atoms with Gasteiger partial charge in [0, 0.05) is 57.0 Å². The van der Waals surface area contributed by atoms with E-state index >= 15 is 0 Å². The van der Waals surface area contributed by atoms with Crippen molar-refractivity contribution in [2.45, 2.75) is 44.1 Å². The van der Waals surface area contributed by atoms with Crippen LogP contribution in [0.1, 0.15) is 40.7 Å². The average molecular weight is 618 g/mol. The van der Waals surface area contributed by atoms with Gasteiger partial charge in [-0.3, -0.25) is 14.2 Å². The predicted octanol–water partition coefficient (Wildman–Crippen LogP) is 5.58. The van der Waals surface area contributed by atoms with Crippen molar-refractivity contribution in [2.75, 3.05) is 18.0 Å². The van der Waals surface area contributed by atoms with Gasteiger partial charge < -0.3 is 9.64 Å². The monoisotopic (exact) mass is 617 g/mol. The fourth-order valence-electron chi connectivity index (χ4n) is 4.26. The highest BCUT2D eigenvalue weighted by Gasteiger charge is 2.43. The Morgan fingerprint density at radius 3 is 2.33 bits per heavy atom. The number of ether oxygens (including phenoxy) is 1. The van der Waals surface area contributed by atoms with Gasteiger partial charge in [0.15, 0.2) is 5.82 Å². The molecular weight excluding hydrogens is 599 g/mol. The van der Waals surface area contributed by atoms with E-state index in [1.165, 1.54) is 18.5 Å². The summed E-state index contributed by atoms with van der Waals surface area (Å²) in [6.07, 6.45) is -7.08. The van der Waals surface area contributed by atoms with Gasteiger partial charge in [0.2, 0.25) is 5.95 Å². The maximum atomic E-state index is 14.7. The molecule has 42 heavy (non-hydrogen) atoms. The summed E-state index contributed by atoms with van der Waals surface area (Å²) in [5, 5.41) is 8.77. The van der Waals surface area contributed by atoms with Crippen LogP contribution in [0, 0.1) is 17.1 Å². The molecule has 1 saturated heterocycles. The van der Waals surface area contributed by atoms with Crippen LogP contribution in [0.5, 0.6) is 5.75 Å². The number of anilines is 1. The number of aryl methyl sites for hydroxylation is 1. The molecule has 0 unspecified atom stereocenters. The van der Waals surface area contributed by atoms with Gasteiger partial charge in [-0.05, 0) is 24.1 Å². The number of pyridine rings is 1. The molecule has 222 valence electrons. The zero-order valence-electron chi connectivity index (χ0n) is 21.3. The molecule has 0 atom stereocenters. The lowest BCUT2D eigenvalue weighted by Crippen LogP contribution is -2.39. The van der Waals surface area contributed by atoms with E-state index in [0.29, 0.717) is 42.0 Å². The lowest BCUT2D eigenvalue weighted by atomic mass is 10.0. The minimum Gasteiger partial charge on any atom is -0.488 e. The van der Waals surface area contributed by atoms with E-state index in [1.54, 1.807) is 4.90 Å². The van der Waals surface area contributed by atoms with E-state index in [-0.39, 0.29) is 17.2 Å². The molecule has 0 spiro atoms. The fraction of sp³-hybridized carbons (Fsp3) is 0.346. The molecule has 0 saturated carbocycles. The van der Waals surface area contributed by atoms with Gasteiger partial charge in [-0.25, -0.2) is 14.4 Å². The highest BCUT2D eigenvalue weighted by atomic mass is 35.5. The Bertz CT molecular complexity index is 1580. The standard InChI is InChI=1S/C26H19ClF7N5O3/c27-17-13-39(18-2-1-15(10-35)22(28)21(18)23(41)26(32,33)34)20(40)9-19(17)42-16-4-7-38(8-5-16)24-36-11-14(12-37-24)3-6-25(29,30)31/h1-2,9,11-13,16H,3-8H2. The molecule has 1 aliphatic rings. The lowest BCUT2D eigenvalue weighted by molar-refractivity contribution is -0.134. The van der Waals surface area contributed by atoms with E-state index in [4.69, 9.17) is 21.6 Å². The van der Waals surface area contributed by atoms with Gasteiger partial charge >= 0.3 is 12.4 Å². The SMILES string of the molecule is N#Cc1ccc(-n2cc(Cl)c(OC3CCN(c4ncc(CCC(F)(F)F)cn4)CC3)cc2=O)c(C(=O)C(F)(F)F)c1F. The van der Waals surface area contributed by atoms with Gasteiger partial charge in [0.05, 0.1) is 21.8 Å². The number of piperidine rings is 1. The average Bonchev–Trinajstić information content (AvgIpc) is 2.93. The second kappa shape index (κ2) is 12.0. The molecule has 1 aromatic carbocycles. The van der Waals surface area contributed by atoms with Crippen molar-refractivity contribution in [1.29, 1.82) is 5.26 Å². The summed E-state index contributed by atoms with van der Waals surface area (Å²) in [5.74, 6) is -4.09. The molecule has 16 heteroatoms. The molecule has 2 aromatic heterocycles.